The topological polar surface area (TPSA) is 84.5 Å². The van der Waals surface area contributed by atoms with Gasteiger partial charge in [-0.1, -0.05) is 0 Å². The van der Waals surface area contributed by atoms with Crippen LogP contribution in [0.1, 0.15) is 11.4 Å². The van der Waals surface area contributed by atoms with Crippen LogP contribution >= 0.6 is 0 Å². The first-order valence-corrected chi connectivity index (χ1v) is 8.16. The maximum absolute atomic E-state index is 12.1. The standard InChI is InChI=1S/C16H20N8O/c1-11-18-19-14-4-5-15(20-24(11)14)23-8-13(9-23)21(2)7-12-6-17-10-22(3)16(12)25/h4-6,10,13H,7-9H2,1-3H3. The lowest BCUT2D eigenvalue weighted by molar-refractivity contribution is 0.195. The zero-order valence-electron chi connectivity index (χ0n) is 14.5. The van der Waals surface area contributed by atoms with Gasteiger partial charge in [-0.15, -0.1) is 15.3 Å². The summed E-state index contributed by atoms with van der Waals surface area (Å²) < 4.78 is 3.27. The lowest BCUT2D eigenvalue weighted by atomic mass is 10.1. The number of aryl methyl sites for hydroxylation is 2. The van der Waals surface area contributed by atoms with Gasteiger partial charge in [-0.3, -0.25) is 9.69 Å². The van der Waals surface area contributed by atoms with Gasteiger partial charge in [0.1, 0.15) is 5.82 Å². The van der Waals surface area contributed by atoms with Gasteiger partial charge < -0.3 is 9.47 Å². The third-order valence-corrected chi connectivity index (χ3v) is 4.70. The van der Waals surface area contributed by atoms with Gasteiger partial charge in [0.25, 0.3) is 5.56 Å². The van der Waals surface area contributed by atoms with Crippen molar-refractivity contribution in [3.8, 4) is 0 Å². The Balaban J connectivity index is 1.43. The summed E-state index contributed by atoms with van der Waals surface area (Å²) in [5.74, 6) is 1.69. The lowest BCUT2D eigenvalue weighted by Crippen LogP contribution is -2.58. The molecule has 0 atom stereocenters. The van der Waals surface area contributed by atoms with Crippen LogP contribution in [0, 0.1) is 6.92 Å². The molecule has 0 radical (unpaired) electrons. The molecule has 9 nitrogen and oxygen atoms in total. The van der Waals surface area contributed by atoms with E-state index in [2.05, 4.69) is 30.1 Å². The van der Waals surface area contributed by atoms with E-state index in [1.54, 1.807) is 17.8 Å². The summed E-state index contributed by atoms with van der Waals surface area (Å²) in [6, 6.07) is 4.28. The highest BCUT2D eigenvalue weighted by atomic mass is 16.1. The molecule has 1 saturated heterocycles. The fourth-order valence-corrected chi connectivity index (χ4v) is 3.04. The summed E-state index contributed by atoms with van der Waals surface area (Å²) in [4.78, 5) is 20.6. The number of hydrogen-bond donors (Lipinski definition) is 0. The van der Waals surface area contributed by atoms with Crippen molar-refractivity contribution in [1.82, 2.24) is 34.3 Å². The van der Waals surface area contributed by atoms with E-state index in [-0.39, 0.29) is 5.56 Å². The molecule has 0 unspecified atom stereocenters. The van der Waals surface area contributed by atoms with E-state index >= 15 is 0 Å². The molecule has 1 aliphatic heterocycles. The van der Waals surface area contributed by atoms with Gasteiger partial charge in [-0.05, 0) is 26.1 Å². The van der Waals surface area contributed by atoms with Gasteiger partial charge in [-0.25, -0.2) is 4.98 Å². The van der Waals surface area contributed by atoms with Crippen molar-refractivity contribution < 1.29 is 0 Å². The summed E-state index contributed by atoms with van der Waals surface area (Å²) in [7, 11) is 3.76. The number of anilines is 1. The van der Waals surface area contributed by atoms with Crippen LogP contribution in [0.4, 0.5) is 5.82 Å². The SMILES string of the molecule is Cc1nnc2ccc(N3CC(N(C)Cc4cncn(C)c4=O)C3)nn12. The maximum Gasteiger partial charge on any atom is 0.257 e. The highest BCUT2D eigenvalue weighted by molar-refractivity contribution is 5.47. The van der Waals surface area contributed by atoms with Gasteiger partial charge in [0.2, 0.25) is 0 Å². The Morgan fingerprint density at radius 2 is 2.08 bits per heavy atom. The molecule has 0 amide bonds. The Bertz CT molecular complexity index is 972. The molecule has 1 fully saturated rings. The largest absolute Gasteiger partial charge is 0.352 e. The van der Waals surface area contributed by atoms with Gasteiger partial charge >= 0.3 is 0 Å². The van der Waals surface area contributed by atoms with E-state index in [9.17, 15) is 4.79 Å². The van der Waals surface area contributed by atoms with Gasteiger partial charge in [-0.2, -0.15) is 4.52 Å². The van der Waals surface area contributed by atoms with E-state index in [0.717, 1.165) is 30.4 Å². The monoisotopic (exact) mass is 340 g/mol. The van der Waals surface area contributed by atoms with Crippen LogP contribution in [-0.4, -0.2) is 60.4 Å². The number of likely N-dealkylation sites (N-methyl/N-ethyl adjacent to an activating group) is 1. The molecular formula is C16H20N8O. The zero-order chi connectivity index (χ0) is 17.6. The summed E-state index contributed by atoms with van der Waals surface area (Å²) in [6.07, 6.45) is 3.19. The van der Waals surface area contributed by atoms with Crippen LogP contribution in [0.5, 0.6) is 0 Å². The molecule has 1 aliphatic rings. The van der Waals surface area contributed by atoms with Gasteiger partial charge in [0.15, 0.2) is 11.5 Å². The predicted octanol–water partition coefficient (Wildman–Crippen LogP) is -0.153. The maximum atomic E-state index is 12.1. The van der Waals surface area contributed by atoms with Crippen molar-refractivity contribution in [2.75, 3.05) is 25.0 Å². The second-order valence-corrected chi connectivity index (χ2v) is 6.52. The van der Waals surface area contributed by atoms with Crippen LogP contribution < -0.4 is 10.5 Å². The normalized spacial score (nSPS) is 15.1. The number of nitrogens with zero attached hydrogens (tertiary/aromatic N) is 8. The molecule has 3 aromatic rings. The number of rotatable bonds is 4. The molecule has 0 saturated carbocycles. The second kappa shape index (κ2) is 5.92. The molecule has 0 aliphatic carbocycles. The fraction of sp³-hybridized carbons (Fsp3) is 0.438. The van der Waals surface area contributed by atoms with Crippen molar-refractivity contribution >= 4 is 11.5 Å². The molecule has 4 rings (SSSR count). The van der Waals surface area contributed by atoms with Crippen molar-refractivity contribution in [2.45, 2.75) is 19.5 Å². The fourth-order valence-electron chi connectivity index (χ4n) is 3.04. The van der Waals surface area contributed by atoms with Crippen LogP contribution in [0.2, 0.25) is 0 Å². The van der Waals surface area contributed by atoms with Crippen LogP contribution in [0.3, 0.4) is 0 Å². The van der Waals surface area contributed by atoms with Crippen molar-refractivity contribution in [1.29, 1.82) is 0 Å². The minimum atomic E-state index is 0.00762. The Morgan fingerprint density at radius 3 is 2.88 bits per heavy atom. The van der Waals surface area contributed by atoms with Crippen molar-refractivity contribution in [3.05, 3.63) is 46.4 Å². The molecule has 0 spiro atoms. The lowest BCUT2D eigenvalue weighted by Gasteiger charge is -2.44. The van der Waals surface area contributed by atoms with E-state index in [0.29, 0.717) is 18.2 Å². The minimum Gasteiger partial charge on any atom is -0.352 e. The average Bonchev–Trinajstić information content (AvgIpc) is 2.91. The summed E-state index contributed by atoms with van der Waals surface area (Å²) in [6.45, 7) is 4.22. The summed E-state index contributed by atoms with van der Waals surface area (Å²) in [5, 5.41) is 12.7. The van der Waals surface area contributed by atoms with E-state index in [4.69, 9.17) is 0 Å². The van der Waals surface area contributed by atoms with Crippen molar-refractivity contribution in [3.63, 3.8) is 0 Å². The Morgan fingerprint density at radius 1 is 1.28 bits per heavy atom. The molecule has 0 bridgehead atoms. The summed E-state index contributed by atoms with van der Waals surface area (Å²) in [5.41, 5.74) is 1.47. The molecular weight excluding hydrogens is 320 g/mol. The first-order valence-electron chi connectivity index (χ1n) is 8.16. The predicted molar refractivity (Wildman–Crippen MR) is 92.5 cm³/mol. The first kappa shape index (κ1) is 15.7. The number of hydrogen-bond acceptors (Lipinski definition) is 7. The Hall–Kier alpha value is -2.81. The van der Waals surface area contributed by atoms with Gasteiger partial charge in [0.05, 0.1) is 6.33 Å². The average molecular weight is 340 g/mol. The Labute approximate surface area is 144 Å². The zero-order valence-corrected chi connectivity index (χ0v) is 14.5. The molecule has 3 aromatic heterocycles. The first-order chi connectivity index (χ1) is 12.0. The third kappa shape index (κ3) is 2.76. The van der Waals surface area contributed by atoms with Crippen molar-refractivity contribution in [2.24, 2.45) is 7.05 Å². The third-order valence-electron chi connectivity index (χ3n) is 4.70. The van der Waals surface area contributed by atoms with Crippen LogP contribution in [0.25, 0.3) is 5.65 Å². The van der Waals surface area contributed by atoms with E-state index in [1.807, 2.05) is 26.1 Å². The summed E-state index contributed by atoms with van der Waals surface area (Å²) >= 11 is 0. The smallest absolute Gasteiger partial charge is 0.257 e. The second-order valence-electron chi connectivity index (χ2n) is 6.52. The molecule has 9 heteroatoms. The van der Waals surface area contributed by atoms with E-state index in [1.165, 1.54) is 10.9 Å². The molecule has 0 N–H and O–H groups in total. The van der Waals surface area contributed by atoms with Crippen LogP contribution in [-0.2, 0) is 13.6 Å². The molecule has 25 heavy (non-hydrogen) atoms. The number of fused-ring (bicyclic) bond motifs is 1. The highest BCUT2D eigenvalue weighted by Crippen LogP contribution is 2.22. The molecule has 4 heterocycles. The number of aromatic nitrogens is 6. The quantitative estimate of drug-likeness (QED) is 0.653. The molecule has 0 aromatic carbocycles. The molecule has 130 valence electrons. The minimum absolute atomic E-state index is 0.00762. The highest BCUT2D eigenvalue weighted by Gasteiger charge is 2.31. The van der Waals surface area contributed by atoms with Crippen LogP contribution in [0.15, 0.2) is 29.5 Å². The Kier molecular flexibility index (Phi) is 3.72. The van der Waals surface area contributed by atoms with Gasteiger partial charge in [0, 0.05) is 44.5 Å². The van der Waals surface area contributed by atoms with E-state index < -0.39 is 0 Å².